The number of nitrogen functional groups attached to an aromatic ring is 1. The Morgan fingerprint density at radius 2 is 1.53 bits per heavy atom. The van der Waals surface area contributed by atoms with Crippen molar-refractivity contribution in [2.24, 2.45) is 0 Å². The van der Waals surface area contributed by atoms with Gasteiger partial charge in [-0.15, -0.1) is 0 Å². The monoisotopic (exact) mass is 432 g/mol. The van der Waals surface area contributed by atoms with E-state index < -0.39 is 30.1 Å². The molecule has 0 spiro atoms. The van der Waals surface area contributed by atoms with E-state index in [1.807, 2.05) is 0 Å². The van der Waals surface area contributed by atoms with Crippen LogP contribution in [0.2, 0.25) is 0 Å². The zero-order chi connectivity index (χ0) is 22.8. The second-order valence-corrected chi connectivity index (χ2v) is 7.10. The number of ketones is 2. The van der Waals surface area contributed by atoms with E-state index in [2.05, 4.69) is 5.32 Å². The number of amides is 1. The molecule has 1 aliphatic rings. The Balaban J connectivity index is 1.47. The first-order valence-electron chi connectivity index (χ1n) is 9.66. The quantitative estimate of drug-likeness (QED) is 0.370. The normalized spacial score (nSPS) is 12.0. The molecule has 0 bridgehead atoms. The smallest absolute Gasteiger partial charge is 0.340 e. The molecule has 3 aromatic carbocycles. The Hall–Kier alpha value is -4.33. The van der Waals surface area contributed by atoms with Gasteiger partial charge in [0.1, 0.15) is 5.82 Å². The van der Waals surface area contributed by atoms with Gasteiger partial charge in [-0.05, 0) is 18.2 Å². The minimum Gasteiger partial charge on any atom is -0.452 e. The third-order valence-electron chi connectivity index (χ3n) is 5.12. The van der Waals surface area contributed by atoms with Crippen LogP contribution in [0.4, 0.5) is 10.1 Å². The van der Waals surface area contributed by atoms with E-state index in [4.69, 9.17) is 10.5 Å². The molecule has 0 radical (unpaired) electrons. The number of carbonyl (C=O) groups excluding carboxylic acids is 4. The summed E-state index contributed by atoms with van der Waals surface area (Å²) >= 11 is 0. The largest absolute Gasteiger partial charge is 0.452 e. The molecule has 0 atom stereocenters. The molecular formula is C24H17FN2O5. The predicted octanol–water partition coefficient (Wildman–Crippen LogP) is 2.66. The van der Waals surface area contributed by atoms with E-state index in [-0.39, 0.29) is 51.4 Å². The molecule has 8 heteroatoms. The molecule has 4 rings (SSSR count). The highest BCUT2D eigenvalue weighted by molar-refractivity contribution is 6.30. The number of nitrogens with one attached hydrogen (secondary N) is 1. The summed E-state index contributed by atoms with van der Waals surface area (Å²) in [5, 5.41) is 2.45. The zero-order valence-electron chi connectivity index (χ0n) is 16.7. The van der Waals surface area contributed by atoms with Gasteiger partial charge in [0.25, 0.3) is 5.91 Å². The van der Waals surface area contributed by atoms with Crippen LogP contribution >= 0.6 is 0 Å². The fourth-order valence-corrected chi connectivity index (χ4v) is 3.49. The number of hydrogen-bond donors (Lipinski definition) is 2. The van der Waals surface area contributed by atoms with Gasteiger partial charge in [0, 0.05) is 28.8 Å². The van der Waals surface area contributed by atoms with E-state index in [0.29, 0.717) is 0 Å². The fourth-order valence-electron chi connectivity index (χ4n) is 3.49. The van der Waals surface area contributed by atoms with Gasteiger partial charge >= 0.3 is 5.97 Å². The molecule has 0 saturated heterocycles. The minimum atomic E-state index is -0.926. The Bertz CT molecular complexity index is 1290. The van der Waals surface area contributed by atoms with E-state index in [1.54, 1.807) is 24.3 Å². The first-order valence-corrected chi connectivity index (χ1v) is 9.66. The van der Waals surface area contributed by atoms with Gasteiger partial charge in [-0.2, -0.15) is 0 Å². The molecule has 0 heterocycles. The Morgan fingerprint density at radius 1 is 0.875 bits per heavy atom. The number of benzene rings is 3. The van der Waals surface area contributed by atoms with E-state index in [0.717, 1.165) is 0 Å². The second-order valence-electron chi connectivity index (χ2n) is 7.10. The van der Waals surface area contributed by atoms with Gasteiger partial charge in [0.15, 0.2) is 18.2 Å². The number of ether oxygens (including phenoxy) is 1. The molecule has 1 aliphatic carbocycles. The van der Waals surface area contributed by atoms with Crippen LogP contribution in [0, 0.1) is 5.82 Å². The summed E-state index contributed by atoms with van der Waals surface area (Å²) in [6, 6.07) is 14.9. The summed E-state index contributed by atoms with van der Waals surface area (Å²) in [4.78, 5) is 50.0. The summed E-state index contributed by atoms with van der Waals surface area (Å²) in [5.41, 5.74) is 6.53. The molecular weight excluding hydrogens is 415 g/mol. The number of fused-ring (bicyclic) bond motifs is 2. The number of halogens is 1. The molecule has 7 nitrogen and oxygen atoms in total. The van der Waals surface area contributed by atoms with Crippen LogP contribution in [-0.4, -0.2) is 30.0 Å². The molecule has 3 N–H and O–H groups in total. The van der Waals surface area contributed by atoms with Gasteiger partial charge in [-0.25, -0.2) is 9.18 Å². The van der Waals surface area contributed by atoms with E-state index in [9.17, 15) is 23.6 Å². The third kappa shape index (κ3) is 3.74. The lowest BCUT2D eigenvalue weighted by molar-refractivity contribution is -0.124. The Labute approximate surface area is 182 Å². The van der Waals surface area contributed by atoms with Crippen molar-refractivity contribution in [1.82, 2.24) is 5.32 Å². The molecule has 0 saturated carbocycles. The van der Waals surface area contributed by atoms with Crippen molar-refractivity contribution in [3.05, 3.63) is 99.9 Å². The maximum atomic E-state index is 13.6. The Morgan fingerprint density at radius 3 is 2.25 bits per heavy atom. The number of hydrogen-bond acceptors (Lipinski definition) is 6. The molecule has 3 aromatic rings. The molecule has 1 amide bonds. The molecule has 0 unspecified atom stereocenters. The van der Waals surface area contributed by atoms with Crippen molar-refractivity contribution in [3.63, 3.8) is 0 Å². The van der Waals surface area contributed by atoms with Gasteiger partial charge in [-0.1, -0.05) is 42.5 Å². The highest BCUT2D eigenvalue weighted by Gasteiger charge is 2.33. The SMILES string of the molecule is Nc1c(C(=O)OCC(=O)NCc2ccccc2F)ccc2c1C(=O)c1ccccc1C2=O. The topological polar surface area (TPSA) is 116 Å². The summed E-state index contributed by atoms with van der Waals surface area (Å²) in [5.74, 6) is -2.87. The van der Waals surface area contributed by atoms with Crippen molar-refractivity contribution < 1.29 is 28.3 Å². The average Bonchev–Trinajstić information content (AvgIpc) is 2.80. The summed E-state index contributed by atoms with van der Waals surface area (Å²) in [7, 11) is 0. The van der Waals surface area contributed by atoms with Crippen molar-refractivity contribution in [2.75, 3.05) is 12.3 Å². The molecule has 0 aliphatic heterocycles. The van der Waals surface area contributed by atoms with Crippen LogP contribution in [0.25, 0.3) is 0 Å². The van der Waals surface area contributed by atoms with Crippen LogP contribution in [0.15, 0.2) is 60.7 Å². The van der Waals surface area contributed by atoms with Crippen LogP contribution in [0.3, 0.4) is 0 Å². The molecule has 160 valence electrons. The van der Waals surface area contributed by atoms with Gasteiger partial charge in [-0.3, -0.25) is 14.4 Å². The second kappa shape index (κ2) is 8.43. The molecule has 32 heavy (non-hydrogen) atoms. The van der Waals surface area contributed by atoms with Crippen LogP contribution in [0.5, 0.6) is 0 Å². The maximum Gasteiger partial charge on any atom is 0.340 e. The predicted molar refractivity (Wildman–Crippen MR) is 113 cm³/mol. The van der Waals surface area contributed by atoms with Crippen molar-refractivity contribution >= 4 is 29.1 Å². The van der Waals surface area contributed by atoms with E-state index in [1.165, 1.54) is 36.4 Å². The average molecular weight is 432 g/mol. The standard InChI is InChI=1S/C24H17FN2O5/c25-18-8-4-1-5-13(18)11-27-19(28)12-32-24(31)17-10-9-16-20(21(17)26)23(30)15-7-3-2-6-14(15)22(16)29/h1-10H,11-12,26H2,(H,27,28). The highest BCUT2D eigenvalue weighted by Crippen LogP contribution is 2.32. The number of rotatable bonds is 5. The fraction of sp³-hybridized carbons (Fsp3) is 0.0833. The lowest BCUT2D eigenvalue weighted by Crippen LogP contribution is -2.29. The lowest BCUT2D eigenvalue weighted by Gasteiger charge is -2.20. The summed E-state index contributed by atoms with van der Waals surface area (Å²) < 4.78 is 18.6. The van der Waals surface area contributed by atoms with Crippen LogP contribution in [0.1, 0.15) is 47.8 Å². The minimum absolute atomic E-state index is 0.0628. The Kier molecular flexibility index (Phi) is 5.51. The van der Waals surface area contributed by atoms with Gasteiger partial charge in [0.05, 0.1) is 16.8 Å². The van der Waals surface area contributed by atoms with Crippen LogP contribution < -0.4 is 11.1 Å². The maximum absolute atomic E-state index is 13.6. The highest BCUT2D eigenvalue weighted by atomic mass is 19.1. The van der Waals surface area contributed by atoms with E-state index >= 15 is 0 Å². The molecule has 0 aromatic heterocycles. The molecule has 0 fully saturated rings. The van der Waals surface area contributed by atoms with Gasteiger partial charge < -0.3 is 15.8 Å². The first-order chi connectivity index (χ1) is 15.4. The van der Waals surface area contributed by atoms with Crippen molar-refractivity contribution in [2.45, 2.75) is 6.54 Å². The summed E-state index contributed by atoms with van der Waals surface area (Å²) in [6.45, 7) is -0.695. The third-order valence-corrected chi connectivity index (χ3v) is 5.12. The number of nitrogens with two attached hydrogens (primary N) is 1. The van der Waals surface area contributed by atoms with Gasteiger partial charge in [0.2, 0.25) is 0 Å². The van der Waals surface area contributed by atoms with Crippen molar-refractivity contribution in [3.8, 4) is 0 Å². The summed E-state index contributed by atoms with van der Waals surface area (Å²) in [6.07, 6.45) is 0. The van der Waals surface area contributed by atoms with Crippen molar-refractivity contribution in [1.29, 1.82) is 0 Å². The van der Waals surface area contributed by atoms with Crippen LogP contribution in [-0.2, 0) is 16.1 Å². The first kappa shape index (κ1) is 20.9. The number of esters is 1. The zero-order valence-corrected chi connectivity index (χ0v) is 16.7. The number of carbonyl (C=O) groups is 4. The lowest BCUT2D eigenvalue weighted by atomic mass is 9.82. The number of anilines is 1.